The maximum Gasteiger partial charge on any atom is 0.205 e. The number of pyridine rings is 1. The summed E-state index contributed by atoms with van der Waals surface area (Å²) in [7, 11) is 0. The Hall–Kier alpha value is -2.60. The van der Waals surface area contributed by atoms with E-state index < -0.39 is 0 Å². The van der Waals surface area contributed by atoms with E-state index in [1.807, 2.05) is 43.3 Å². The minimum atomic E-state index is -0.0450. The highest BCUT2D eigenvalue weighted by Gasteiger charge is 2.09. The van der Waals surface area contributed by atoms with E-state index in [2.05, 4.69) is 20.4 Å². The molecule has 3 aromatic rings. The molecular weight excluding hydrogens is 254 g/mol. The maximum atomic E-state index is 9.22. The smallest absolute Gasteiger partial charge is 0.205 e. The van der Waals surface area contributed by atoms with Crippen molar-refractivity contribution in [3.63, 3.8) is 0 Å². The number of hydrogen-bond donors (Lipinski definition) is 1. The van der Waals surface area contributed by atoms with Crippen LogP contribution in [-0.2, 0) is 6.61 Å². The molecule has 0 radical (unpaired) electrons. The van der Waals surface area contributed by atoms with Crippen LogP contribution in [0.4, 0.5) is 0 Å². The normalized spacial score (nSPS) is 10.7. The third-order valence-electron chi connectivity index (χ3n) is 2.83. The van der Waals surface area contributed by atoms with Gasteiger partial charge in [-0.2, -0.15) is 0 Å². The highest BCUT2D eigenvalue weighted by molar-refractivity contribution is 5.53. The molecule has 20 heavy (non-hydrogen) atoms. The van der Waals surface area contributed by atoms with Crippen molar-refractivity contribution in [2.75, 3.05) is 0 Å². The fraction of sp³-hybridized carbons (Fsp3) is 0.143. The summed E-state index contributed by atoms with van der Waals surface area (Å²) >= 11 is 0. The molecule has 6 nitrogen and oxygen atoms in total. The molecule has 0 bridgehead atoms. The second kappa shape index (κ2) is 5.18. The van der Waals surface area contributed by atoms with E-state index in [0.717, 1.165) is 16.8 Å². The Morgan fingerprint density at radius 1 is 1.15 bits per heavy atom. The largest absolute Gasteiger partial charge is 0.392 e. The number of tetrazole rings is 1. The SMILES string of the molecule is Cc1cc(CO)cc(-n2nnc(-c3ccccc3)n2)n1. The lowest BCUT2D eigenvalue weighted by atomic mass is 10.2. The van der Waals surface area contributed by atoms with Crippen molar-refractivity contribution in [1.29, 1.82) is 0 Å². The number of aryl methyl sites for hydroxylation is 1. The maximum absolute atomic E-state index is 9.22. The number of aliphatic hydroxyl groups is 1. The second-order valence-corrected chi connectivity index (χ2v) is 4.40. The van der Waals surface area contributed by atoms with Gasteiger partial charge < -0.3 is 5.11 Å². The monoisotopic (exact) mass is 267 g/mol. The molecule has 2 heterocycles. The van der Waals surface area contributed by atoms with Crippen molar-refractivity contribution in [2.24, 2.45) is 0 Å². The summed E-state index contributed by atoms with van der Waals surface area (Å²) in [6.45, 7) is 1.81. The third kappa shape index (κ3) is 2.41. The minimum absolute atomic E-state index is 0.0450. The van der Waals surface area contributed by atoms with Crippen molar-refractivity contribution in [1.82, 2.24) is 25.2 Å². The molecule has 0 spiro atoms. The first kappa shape index (κ1) is 12.4. The molecule has 0 saturated heterocycles. The van der Waals surface area contributed by atoms with Crippen LogP contribution in [0, 0.1) is 6.92 Å². The van der Waals surface area contributed by atoms with Gasteiger partial charge in [0.1, 0.15) is 0 Å². The van der Waals surface area contributed by atoms with E-state index in [9.17, 15) is 5.11 Å². The van der Waals surface area contributed by atoms with Gasteiger partial charge in [-0.1, -0.05) is 30.3 Å². The number of aromatic nitrogens is 5. The van der Waals surface area contributed by atoms with Gasteiger partial charge in [-0.05, 0) is 29.8 Å². The predicted molar refractivity (Wildman–Crippen MR) is 73.0 cm³/mol. The standard InChI is InChI=1S/C14H13N5O/c1-10-7-11(9-20)8-13(15-10)19-17-14(16-18-19)12-5-3-2-4-6-12/h2-8,20H,9H2,1H3. The zero-order valence-corrected chi connectivity index (χ0v) is 10.9. The molecule has 1 N–H and O–H groups in total. The fourth-order valence-corrected chi connectivity index (χ4v) is 1.93. The third-order valence-corrected chi connectivity index (χ3v) is 2.83. The van der Waals surface area contributed by atoms with E-state index in [0.29, 0.717) is 11.6 Å². The van der Waals surface area contributed by atoms with Crippen molar-refractivity contribution in [3.8, 4) is 17.2 Å². The molecular formula is C14H13N5O. The van der Waals surface area contributed by atoms with Gasteiger partial charge in [0.15, 0.2) is 5.82 Å². The van der Waals surface area contributed by atoms with E-state index >= 15 is 0 Å². The molecule has 3 rings (SSSR count). The Kier molecular flexibility index (Phi) is 3.22. The topological polar surface area (TPSA) is 76.7 Å². The van der Waals surface area contributed by atoms with Gasteiger partial charge in [0.25, 0.3) is 0 Å². The van der Waals surface area contributed by atoms with Crippen LogP contribution in [0.5, 0.6) is 0 Å². The van der Waals surface area contributed by atoms with Gasteiger partial charge in [0.2, 0.25) is 5.82 Å². The lowest BCUT2D eigenvalue weighted by Gasteiger charge is -2.02. The van der Waals surface area contributed by atoms with Gasteiger partial charge in [-0.3, -0.25) is 0 Å². The summed E-state index contributed by atoms with van der Waals surface area (Å²) in [6.07, 6.45) is 0. The van der Waals surface area contributed by atoms with Crippen LogP contribution in [0.2, 0.25) is 0 Å². The minimum Gasteiger partial charge on any atom is -0.392 e. The van der Waals surface area contributed by atoms with E-state index in [-0.39, 0.29) is 6.61 Å². The molecule has 100 valence electrons. The van der Waals surface area contributed by atoms with Crippen LogP contribution in [0.15, 0.2) is 42.5 Å². The molecule has 0 aliphatic heterocycles. The number of rotatable bonds is 3. The summed E-state index contributed by atoms with van der Waals surface area (Å²) in [5.41, 5.74) is 2.46. The zero-order chi connectivity index (χ0) is 13.9. The summed E-state index contributed by atoms with van der Waals surface area (Å²) in [5.74, 6) is 1.09. The molecule has 0 aliphatic carbocycles. The number of benzene rings is 1. The van der Waals surface area contributed by atoms with Gasteiger partial charge >= 0.3 is 0 Å². The molecule has 6 heteroatoms. The molecule has 0 atom stereocenters. The van der Waals surface area contributed by atoms with Crippen LogP contribution in [-0.4, -0.2) is 30.3 Å². The van der Waals surface area contributed by atoms with E-state index in [1.54, 1.807) is 6.07 Å². The fourth-order valence-electron chi connectivity index (χ4n) is 1.93. The second-order valence-electron chi connectivity index (χ2n) is 4.40. The van der Waals surface area contributed by atoms with Crippen molar-refractivity contribution >= 4 is 0 Å². The number of hydrogen-bond acceptors (Lipinski definition) is 5. The number of aliphatic hydroxyl groups excluding tert-OH is 1. The van der Waals surface area contributed by atoms with E-state index in [1.165, 1.54) is 4.80 Å². The lowest BCUT2D eigenvalue weighted by Crippen LogP contribution is -2.04. The average molecular weight is 267 g/mol. The lowest BCUT2D eigenvalue weighted by molar-refractivity contribution is 0.281. The Labute approximate surface area is 115 Å². The molecule has 0 amide bonds. The molecule has 0 unspecified atom stereocenters. The van der Waals surface area contributed by atoms with Gasteiger partial charge in [-0.25, -0.2) is 4.98 Å². The molecule has 0 fully saturated rings. The predicted octanol–water partition coefficient (Wildman–Crippen LogP) is 1.53. The Morgan fingerprint density at radius 3 is 2.70 bits per heavy atom. The summed E-state index contributed by atoms with van der Waals surface area (Å²) in [4.78, 5) is 5.72. The van der Waals surface area contributed by atoms with Gasteiger partial charge in [0.05, 0.1) is 6.61 Å². The van der Waals surface area contributed by atoms with Gasteiger partial charge in [0, 0.05) is 11.3 Å². The van der Waals surface area contributed by atoms with Crippen LogP contribution >= 0.6 is 0 Å². The van der Waals surface area contributed by atoms with Crippen LogP contribution in [0.1, 0.15) is 11.3 Å². The Bertz CT molecular complexity index is 723. The average Bonchev–Trinajstić information content (AvgIpc) is 2.97. The molecule has 2 aromatic heterocycles. The molecule has 0 saturated carbocycles. The zero-order valence-electron chi connectivity index (χ0n) is 10.9. The van der Waals surface area contributed by atoms with Gasteiger partial charge in [-0.15, -0.1) is 15.0 Å². The van der Waals surface area contributed by atoms with Crippen LogP contribution < -0.4 is 0 Å². The Balaban J connectivity index is 2.00. The highest BCUT2D eigenvalue weighted by Crippen LogP contribution is 2.14. The summed E-state index contributed by atoms with van der Waals surface area (Å²) < 4.78 is 0. The molecule has 0 aliphatic rings. The first-order valence-corrected chi connectivity index (χ1v) is 6.20. The van der Waals surface area contributed by atoms with Crippen molar-refractivity contribution < 1.29 is 5.11 Å². The van der Waals surface area contributed by atoms with Crippen molar-refractivity contribution in [2.45, 2.75) is 13.5 Å². The highest BCUT2D eigenvalue weighted by atomic mass is 16.3. The first-order valence-electron chi connectivity index (χ1n) is 6.20. The summed E-state index contributed by atoms with van der Waals surface area (Å²) in [5, 5.41) is 21.6. The quantitative estimate of drug-likeness (QED) is 0.778. The summed E-state index contributed by atoms with van der Waals surface area (Å²) in [6, 6.07) is 13.2. The van der Waals surface area contributed by atoms with E-state index in [4.69, 9.17) is 0 Å². The number of nitrogens with zero attached hydrogens (tertiary/aromatic N) is 5. The Morgan fingerprint density at radius 2 is 1.95 bits per heavy atom. The van der Waals surface area contributed by atoms with Crippen LogP contribution in [0.25, 0.3) is 17.2 Å². The van der Waals surface area contributed by atoms with Crippen LogP contribution in [0.3, 0.4) is 0 Å². The van der Waals surface area contributed by atoms with Crippen molar-refractivity contribution in [3.05, 3.63) is 53.7 Å². The first-order chi connectivity index (χ1) is 9.76. The molecule has 1 aromatic carbocycles.